The first kappa shape index (κ1) is 16.2. The van der Waals surface area contributed by atoms with Crippen LogP contribution in [0, 0.1) is 5.41 Å². The molecule has 0 unspecified atom stereocenters. The average Bonchev–Trinajstić information content (AvgIpc) is 3.14. The molecule has 5 nitrogen and oxygen atoms in total. The first-order valence-electron chi connectivity index (χ1n) is 8.85. The van der Waals surface area contributed by atoms with Gasteiger partial charge in [-0.2, -0.15) is 0 Å². The molecule has 1 aromatic heterocycles. The molecule has 130 valence electrons. The van der Waals surface area contributed by atoms with Crippen LogP contribution >= 0.6 is 0 Å². The van der Waals surface area contributed by atoms with Gasteiger partial charge in [-0.25, -0.2) is 4.63 Å². The van der Waals surface area contributed by atoms with Crippen molar-refractivity contribution in [3.05, 3.63) is 59.7 Å². The standard InChI is InChI=1S/C20H23N3O2/c24-15-20(13-16-5-2-1-3-6-16)9-11-23(12-10-20)14-17-7-4-8-18-19(17)22-25-21-18/h1-8,24H,9-15H2. The Labute approximate surface area is 147 Å². The topological polar surface area (TPSA) is 62.4 Å². The lowest BCUT2D eigenvalue weighted by Gasteiger charge is -2.41. The number of benzene rings is 2. The molecule has 25 heavy (non-hydrogen) atoms. The molecule has 2 heterocycles. The molecule has 0 spiro atoms. The highest BCUT2D eigenvalue weighted by Crippen LogP contribution is 2.35. The van der Waals surface area contributed by atoms with E-state index in [-0.39, 0.29) is 12.0 Å². The number of aliphatic hydroxyl groups is 1. The Kier molecular flexibility index (Phi) is 4.51. The van der Waals surface area contributed by atoms with Crippen molar-refractivity contribution in [2.45, 2.75) is 25.8 Å². The van der Waals surface area contributed by atoms with Crippen LogP contribution < -0.4 is 0 Å². The Hall–Kier alpha value is -2.24. The van der Waals surface area contributed by atoms with Gasteiger partial charge in [0, 0.05) is 13.2 Å². The third-order valence-electron chi connectivity index (χ3n) is 5.44. The summed E-state index contributed by atoms with van der Waals surface area (Å²) in [5.74, 6) is 0. The van der Waals surface area contributed by atoms with Gasteiger partial charge in [0.15, 0.2) is 0 Å². The summed E-state index contributed by atoms with van der Waals surface area (Å²) in [6, 6.07) is 16.5. The molecule has 1 N–H and O–H groups in total. The van der Waals surface area contributed by atoms with Crippen LogP contribution in [0.2, 0.25) is 0 Å². The second-order valence-corrected chi connectivity index (χ2v) is 7.15. The Morgan fingerprint density at radius 1 is 1.00 bits per heavy atom. The maximum absolute atomic E-state index is 10.0. The highest BCUT2D eigenvalue weighted by molar-refractivity contribution is 5.76. The normalized spacial score (nSPS) is 17.8. The van der Waals surface area contributed by atoms with Crippen molar-refractivity contribution >= 4 is 11.0 Å². The van der Waals surface area contributed by atoms with Gasteiger partial charge in [-0.05, 0) is 65.3 Å². The summed E-state index contributed by atoms with van der Waals surface area (Å²) in [6.45, 7) is 3.06. The first-order chi connectivity index (χ1) is 12.3. The molecular weight excluding hydrogens is 314 g/mol. The fraction of sp³-hybridized carbons (Fsp3) is 0.400. The number of aromatic nitrogens is 2. The van der Waals surface area contributed by atoms with Gasteiger partial charge in [-0.15, -0.1) is 0 Å². The van der Waals surface area contributed by atoms with E-state index < -0.39 is 0 Å². The number of nitrogens with zero attached hydrogens (tertiary/aromatic N) is 3. The van der Waals surface area contributed by atoms with Crippen LogP contribution in [-0.4, -0.2) is 40.0 Å². The summed E-state index contributed by atoms with van der Waals surface area (Å²) in [7, 11) is 0. The van der Waals surface area contributed by atoms with Gasteiger partial charge in [0.25, 0.3) is 0 Å². The number of hydrogen-bond donors (Lipinski definition) is 1. The van der Waals surface area contributed by atoms with Crippen molar-refractivity contribution in [2.75, 3.05) is 19.7 Å². The Morgan fingerprint density at radius 2 is 1.80 bits per heavy atom. The molecule has 1 aliphatic rings. The van der Waals surface area contributed by atoms with Crippen LogP contribution in [0.4, 0.5) is 0 Å². The van der Waals surface area contributed by atoms with E-state index in [9.17, 15) is 5.11 Å². The highest BCUT2D eigenvalue weighted by Gasteiger charge is 2.34. The third kappa shape index (κ3) is 3.43. The van der Waals surface area contributed by atoms with Crippen molar-refractivity contribution in [2.24, 2.45) is 5.41 Å². The smallest absolute Gasteiger partial charge is 0.139 e. The molecule has 5 heteroatoms. The van der Waals surface area contributed by atoms with Crippen molar-refractivity contribution in [3.8, 4) is 0 Å². The number of fused-ring (bicyclic) bond motifs is 1. The maximum atomic E-state index is 10.0. The van der Waals surface area contributed by atoms with Gasteiger partial charge >= 0.3 is 0 Å². The summed E-state index contributed by atoms with van der Waals surface area (Å²) in [4.78, 5) is 2.43. The zero-order chi connectivity index (χ0) is 17.1. The van der Waals surface area contributed by atoms with Crippen molar-refractivity contribution in [1.82, 2.24) is 15.2 Å². The van der Waals surface area contributed by atoms with E-state index >= 15 is 0 Å². The molecule has 1 saturated heterocycles. The second-order valence-electron chi connectivity index (χ2n) is 7.15. The molecular formula is C20H23N3O2. The van der Waals surface area contributed by atoms with Crippen LogP contribution in [0.25, 0.3) is 11.0 Å². The Morgan fingerprint density at radius 3 is 2.56 bits per heavy atom. The monoisotopic (exact) mass is 337 g/mol. The van der Waals surface area contributed by atoms with Crippen LogP contribution in [0.1, 0.15) is 24.0 Å². The van der Waals surface area contributed by atoms with Crippen LogP contribution in [0.15, 0.2) is 53.2 Å². The average molecular weight is 337 g/mol. The number of piperidine rings is 1. The first-order valence-corrected chi connectivity index (χ1v) is 8.85. The van der Waals surface area contributed by atoms with Gasteiger partial charge < -0.3 is 5.11 Å². The van der Waals surface area contributed by atoms with Gasteiger partial charge in [0.1, 0.15) is 11.0 Å². The minimum atomic E-state index is -0.000686. The van der Waals surface area contributed by atoms with Gasteiger partial charge in [0.2, 0.25) is 0 Å². The van der Waals surface area contributed by atoms with E-state index in [1.165, 1.54) is 5.56 Å². The molecule has 1 aliphatic heterocycles. The SMILES string of the molecule is OCC1(Cc2ccccc2)CCN(Cc2cccc3nonc23)CC1. The highest BCUT2D eigenvalue weighted by atomic mass is 16.6. The molecule has 0 bridgehead atoms. The predicted molar refractivity (Wildman–Crippen MR) is 96.0 cm³/mol. The number of aliphatic hydroxyl groups excluding tert-OH is 1. The van der Waals surface area contributed by atoms with E-state index in [1.54, 1.807) is 0 Å². The number of hydrogen-bond acceptors (Lipinski definition) is 5. The van der Waals surface area contributed by atoms with E-state index in [1.807, 2.05) is 18.2 Å². The van der Waals surface area contributed by atoms with Crippen molar-refractivity contribution in [1.29, 1.82) is 0 Å². The van der Waals surface area contributed by atoms with E-state index in [4.69, 9.17) is 4.63 Å². The quantitative estimate of drug-likeness (QED) is 0.775. The van der Waals surface area contributed by atoms with Crippen molar-refractivity contribution < 1.29 is 9.74 Å². The van der Waals surface area contributed by atoms with Crippen LogP contribution in [-0.2, 0) is 13.0 Å². The zero-order valence-corrected chi connectivity index (χ0v) is 14.3. The van der Waals surface area contributed by atoms with E-state index in [0.29, 0.717) is 0 Å². The molecule has 4 rings (SSSR count). The summed E-state index contributed by atoms with van der Waals surface area (Å²) in [5, 5.41) is 18.0. The molecule has 2 aromatic carbocycles. The van der Waals surface area contributed by atoms with Gasteiger partial charge in [-0.3, -0.25) is 4.90 Å². The summed E-state index contributed by atoms with van der Waals surface area (Å²) < 4.78 is 4.86. The lowest BCUT2D eigenvalue weighted by molar-refractivity contribution is 0.0415. The molecule has 0 radical (unpaired) electrons. The maximum Gasteiger partial charge on any atom is 0.139 e. The largest absolute Gasteiger partial charge is 0.396 e. The van der Waals surface area contributed by atoms with Crippen molar-refractivity contribution in [3.63, 3.8) is 0 Å². The van der Waals surface area contributed by atoms with Crippen LogP contribution in [0.3, 0.4) is 0 Å². The predicted octanol–water partition coefficient (Wildman–Crippen LogP) is 3.04. The second kappa shape index (κ2) is 6.94. The summed E-state index contributed by atoms with van der Waals surface area (Å²) in [5.41, 5.74) is 4.12. The molecule has 0 atom stereocenters. The summed E-state index contributed by atoms with van der Waals surface area (Å²) in [6.07, 6.45) is 2.96. The Bertz CT molecular complexity index is 823. The minimum Gasteiger partial charge on any atom is -0.396 e. The lowest BCUT2D eigenvalue weighted by atomic mass is 9.74. The molecule has 0 amide bonds. The molecule has 0 aliphatic carbocycles. The number of likely N-dealkylation sites (tertiary alicyclic amines) is 1. The molecule has 0 saturated carbocycles. The van der Waals surface area contributed by atoms with Gasteiger partial charge in [-0.1, -0.05) is 42.5 Å². The van der Waals surface area contributed by atoms with E-state index in [2.05, 4.69) is 45.5 Å². The minimum absolute atomic E-state index is 0.000686. The molecule has 1 fully saturated rings. The van der Waals surface area contributed by atoms with Crippen LogP contribution in [0.5, 0.6) is 0 Å². The third-order valence-corrected chi connectivity index (χ3v) is 5.44. The fourth-order valence-electron chi connectivity index (χ4n) is 3.84. The number of rotatable bonds is 5. The Balaban J connectivity index is 1.42. The summed E-state index contributed by atoms with van der Waals surface area (Å²) >= 11 is 0. The molecule has 3 aromatic rings. The zero-order valence-electron chi connectivity index (χ0n) is 14.3. The fourth-order valence-corrected chi connectivity index (χ4v) is 3.84. The lowest BCUT2D eigenvalue weighted by Crippen LogP contribution is -2.42. The van der Waals surface area contributed by atoms with Gasteiger partial charge in [0.05, 0.1) is 0 Å². The van der Waals surface area contributed by atoms with E-state index in [0.717, 1.165) is 55.5 Å².